The van der Waals surface area contributed by atoms with E-state index in [9.17, 15) is 9.18 Å². The quantitative estimate of drug-likeness (QED) is 0.531. The van der Waals surface area contributed by atoms with Crippen LogP contribution >= 0.6 is 0 Å². The van der Waals surface area contributed by atoms with Crippen molar-refractivity contribution in [2.45, 2.75) is 0 Å². The van der Waals surface area contributed by atoms with Crippen molar-refractivity contribution >= 4 is 16.6 Å². The van der Waals surface area contributed by atoms with Crippen LogP contribution in [0, 0.1) is 5.95 Å². The molecule has 0 atom stereocenters. The molecule has 0 aliphatic carbocycles. The number of pyridine rings is 1. The average Bonchev–Trinajstić information content (AvgIpc) is 3.05. The van der Waals surface area contributed by atoms with Gasteiger partial charge in [-0.25, -0.2) is 9.50 Å². The molecule has 120 valence electrons. The molecule has 0 fully saturated rings. The van der Waals surface area contributed by atoms with Crippen molar-refractivity contribution < 1.29 is 9.13 Å². The summed E-state index contributed by atoms with van der Waals surface area (Å²) in [6, 6.07) is 9.98. The van der Waals surface area contributed by atoms with E-state index in [0.29, 0.717) is 33.6 Å². The van der Waals surface area contributed by atoms with Gasteiger partial charge in [0.25, 0.3) is 5.56 Å². The summed E-state index contributed by atoms with van der Waals surface area (Å²) in [5.41, 5.74) is 2.29. The number of aryl methyl sites for hydroxylation is 1. The van der Waals surface area contributed by atoms with Gasteiger partial charge in [-0.2, -0.15) is 9.49 Å². The largest absolute Gasteiger partial charge is 0.497 e. The van der Waals surface area contributed by atoms with Gasteiger partial charge in [0, 0.05) is 30.9 Å². The molecule has 0 N–H and O–H groups in total. The van der Waals surface area contributed by atoms with Crippen LogP contribution in [0.25, 0.3) is 27.8 Å². The normalized spacial score (nSPS) is 11.3. The minimum atomic E-state index is -0.576. The molecule has 6 nitrogen and oxygen atoms in total. The standard InChI is InChI=1S/C17H13FN4O2/c1-21-16-9-13(10-5-6-19-15(18)7-10)20-22(16)14-4-3-11(24-2)8-12(14)17(21)23/h3-9H,1-2H3. The number of nitrogens with zero attached hydrogens (tertiary/aromatic N) is 4. The van der Waals surface area contributed by atoms with Gasteiger partial charge in [-0.05, 0) is 24.3 Å². The molecule has 0 saturated carbocycles. The summed E-state index contributed by atoms with van der Waals surface area (Å²) >= 11 is 0. The van der Waals surface area contributed by atoms with E-state index in [2.05, 4.69) is 10.1 Å². The molecule has 0 amide bonds. The van der Waals surface area contributed by atoms with Crippen LogP contribution in [0.5, 0.6) is 5.75 Å². The van der Waals surface area contributed by atoms with Crippen molar-refractivity contribution in [3.63, 3.8) is 0 Å². The van der Waals surface area contributed by atoms with Crippen LogP contribution in [-0.2, 0) is 7.05 Å². The molecule has 1 aromatic carbocycles. The summed E-state index contributed by atoms with van der Waals surface area (Å²) in [5.74, 6) is 0.0237. The summed E-state index contributed by atoms with van der Waals surface area (Å²) in [6.45, 7) is 0. The van der Waals surface area contributed by atoms with Crippen molar-refractivity contribution in [1.29, 1.82) is 0 Å². The lowest BCUT2D eigenvalue weighted by atomic mass is 10.2. The third-order valence-electron chi connectivity index (χ3n) is 4.02. The Morgan fingerprint density at radius 1 is 1.17 bits per heavy atom. The van der Waals surface area contributed by atoms with Crippen LogP contribution in [0.2, 0.25) is 0 Å². The predicted octanol–water partition coefficient (Wildman–Crippen LogP) is 2.40. The van der Waals surface area contributed by atoms with Crippen molar-refractivity contribution in [1.82, 2.24) is 19.2 Å². The Morgan fingerprint density at radius 3 is 2.75 bits per heavy atom. The highest BCUT2D eigenvalue weighted by atomic mass is 19.1. The Kier molecular flexibility index (Phi) is 3.09. The van der Waals surface area contributed by atoms with Gasteiger partial charge in [0.15, 0.2) is 0 Å². The van der Waals surface area contributed by atoms with Crippen LogP contribution in [0.1, 0.15) is 0 Å². The first-order valence-corrected chi connectivity index (χ1v) is 7.27. The second-order valence-electron chi connectivity index (χ2n) is 5.41. The first-order chi connectivity index (χ1) is 11.6. The molecule has 0 spiro atoms. The van der Waals surface area contributed by atoms with E-state index in [1.54, 1.807) is 49.0 Å². The fraction of sp³-hybridized carbons (Fsp3) is 0.118. The van der Waals surface area contributed by atoms with Gasteiger partial charge >= 0.3 is 0 Å². The first-order valence-electron chi connectivity index (χ1n) is 7.27. The van der Waals surface area contributed by atoms with Crippen LogP contribution in [0.15, 0.2) is 47.4 Å². The number of ether oxygens (including phenoxy) is 1. The fourth-order valence-corrected chi connectivity index (χ4v) is 2.77. The van der Waals surface area contributed by atoms with Gasteiger partial charge in [0.05, 0.1) is 23.7 Å². The molecular weight excluding hydrogens is 311 g/mol. The Morgan fingerprint density at radius 2 is 2.00 bits per heavy atom. The summed E-state index contributed by atoms with van der Waals surface area (Å²) in [7, 11) is 3.23. The molecule has 3 aromatic heterocycles. The maximum absolute atomic E-state index is 13.4. The van der Waals surface area contributed by atoms with Crippen molar-refractivity contribution in [3.05, 3.63) is 58.9 Å². The number of hydrogen-bond donors (Lipinski definition) is 0. The smallest absolute Gasteiger partial charge is 0.261 e. The Labute approximate surface area is 135 Å². The minimum Gasteiger partial charge on any atom is -0.497 e. The van der Waals surface area contributed by atoms with Crippen LogP contribution in [0.3, 0.4) is 0 Å². The third-order valence-corrected chi connectivity index (χ3v) is 4.02. The van der Waals surface area contributed by atoms with Gasteiger partial charge in [-0.3, -0.25) is 9.36 Å². The van der Waals surface area contributed by atoms with E-state index in [0.717, 1.165) is 0 Å². The Balaban J connectivity index is 2.08. The molecule has 4 aromatic rings. The van der Waals surface area contributed by atoms with E-state index in [1.165, 1.54) is 16.8 Å². The summed E-state index contributed by atoms with van der Waals surface area (Å²) in [4.78, 5) is 16.2. The second kappa shape index (κ2) is 5.16. The highest BCUT2D eigenvalue weighted by molar-refractivity contribution is 5.83. The van der Waals surface area contributed by atoms with Crippen LogP contribution in [-0.4, -0.2) is 26.3 Å². The lowest BCUT2D eigenvalue weighted by molar-refractivity contribution is 0.415. The minimum absolute atomic E-state index is 0.149. The zero-order valence-electron chi connectivity index (χ0n) is 13.0. The molecule has 0 unspecified atom stereocenters. The topological polar surface area (TPSA) is 61.4 Å². The summed E-state index contributed by atoms with van der Waals surface area (Å²) in [5, 5.41) is 5.03. The Bertz CT molecular complexity index is 1150. The second-order valence-corrected chi connectivity index (χ2v) is 5.41. The molecule has 0 aliphatic heterocycles. The molecule has 3 heterocycles. The number of rotatable bonds is 2. The van der Waals surface area contributed by atoms with Crippen LogP contribution in [0.4, 0.5) is 4.39 Å². The lowest BCUT2D eigenvalue weighted by Crippen LogP contribution is -2.19. The van der Waals surface area contributed by atoms with Gasteiger partial charge in [0.1, 0.15) is 11.4 Å². The predicted molar refractivity (Wildman–Crippen MR) is 87.7 cm³/mol. The molecular formula is C17H13FN4O2. The van der Waals surface area contributed by atoms with Crippen molar-refractivity contribution in [2.75, 3.05) is 7.11 Å². The Hall–Kier alpha value is -3.22. The van der Waals surface area contributed by atoms with E-state index in [4.69, 9.17) is 4.74 Å². The zero-order chi connectivity index (χ0) is 16.8. The van der Waals surface area contributed by atoms with E-state index in [-0.39, 0.29) is 5.56 Å². The molecule has 0 aliphatic rings. The number of benzene rings is 1. The average molecular weight is 324 g/mol. The van der Waals surface area contributed by atoms with E-state index in [1.807, 2.05) is 0 Å². The molecule has 4 rings (SSSR count). The van der Waals surface area contributed by atoms with Gasteiger partial charge < -0.3 is 4.74 Å². The van der Waals surface area contributed by atoms with Crippen LogP contribution < -0.4 is 10.3 Å². The number of fused-ring (bicyclic) bond motifs is 3. The summed E-state index contributed by atoms with van der Waals surface area (Å²) in [6.07, 6.45) is 1.39. The lowest BCUT2D eigenvalue weighted by Gasteiger charge is -2.07. The first kappa shape index (κ1) is 14.4. The fourth-order valence-electron chi connectivity index (χ4n) is 2.77. The molecule has 0 saturated heterocycles. The SMILES string of the molecule is COc1ccc2c(c1)c(=O)n(C)c1cc(-c3ccnc(F)c3)nn21. The molecule has 24 heavy (non-hydrogen) atoms. The monoisotopic (exact) mass is 324 g/mol. The summed E-state index contributed by atoms with van der Waals surface area (Å²) < 4.78 is 21.7. The zero-order valence-corrected chi connectivity index (χ0v) is 13.0. The highest BCUT2D eigenvalue weighted by Crippen LogP contribution is 2.23. The maximum atomic E-state index is 13.4. The van der Waals surface area contributed by atoms with Gasteiger partial charge in [-0.1, -0.05) is 0 Å². The number of halogens is 1. The van der Waals surface area contributed by atoms with Gasteiger partial charge in [0.2, 0.25) is 5.95 Å². The van der Waals surface area contributed by atoms with Crippen molar-refractivity contribution in [3.8, 4) is 17.0 Å². The third kappa shape index (κ3) is 2.05. The van der Waals surface area contributed by atoms with Gasteiger partial charge in [-0.15, -0.1) is 0 Å². The van der Waals surface area contributed by atoms with E-state index < -0.39 is 5.95 Å². The van der Waals surface area contributed by atoms with E-state index >= 15 is 0 Å². The number of hydrogen-bond acceptors (Lipinski definition) is 4. The van der Waals surface area contributed by atoms with Crippen molar-refractivity contribution in [2.24, 2.45) is 7.05 Å². The molecule has 7 heteroatoms. The molecule has 0 radical (unpaired) electrons. The number of methoxy groups -OCH3 is 1. The number of aromatic nitrogens is 4. The molecule has 0 bridgehead atoms. The maximum Gasteiger partial charge on any atom is 0.261 e. The highest BCUT2D eigenvalue weighted by Gasteiger charge is 2.14.